The van der Waals surface area contributed by atoms with E-state index in [0.717, 1.165) is 37.4 Å². The maximum absolute atomic E-state index is 11.3. The third kappa shape index (κ3) is 4.18. The highest BCUT2D eigenvalue weighted by Crippen LogP contribution is 2.39. The molecule has 2 heterocycles. The van der Waals surface area contributed by atoms with Crippen LogP contribution < -0.4 is 5.32 Å². The van der Waals surface area contributed by atoms with Gasteiger partial charge in [0.25, 0.3) is 0 Å². The number of nitrogens with zero attached hydrogens (tertiary/aromatic N) is 1. The number of nitrogens with one attached hydrogen (secondary N) is 1. The molecule has 2 aliphatic rings. The molecule has 118 valence electrons. The molecule has 2 saturated heterocycles. The molecule has 5 heteroatoms. The molecule has 0 aromatic rings. The van der Waals surface area contributed by atoms with Crippen LogP contribution in [0.4, 0.5) is 0 Å². The summed E-state index contributed by atoms with van der Waals surface area (Å²) < 4.78 is 22.6. The maximum atomic E-state index is 11.3. The molecular formula is C15H30N2O2S. The average molecular weight is 302 g/mol. The van der Waals surface area contributed by atoms with Gasteiger partial charge in [-0.05, 0) is 58.0 Å². The minimum absolute atomic E-state index is 0.328. The molecule has 2 bridgehead atoms. The van der Waals surface area contributed by atoms with E-state index in [-0.39, 0.29) is 0 Å². The zero-order valence-corrected chi connectivity index (χ0v) is 14.0. The molecule has 2 aliphatic heterocycles. The molecule has 0 amide bonds. The summed E-state index contributed by atoms with van der Waals surface area (Å²) in [5, 5.41) is 3.61. The van der Waals surface area contributed by atoms with Crippen LogP contribution in [0.15, 0.2) is 0 Å². The highest BCUT2D eigenvalue weighted by atomic mass is 32.2. The largest absolute Gasteiger partial charge is 0.314 e. The Kier molecular flexibility index (Phi) is 5.49. The summed E-state index contributed by atoms with van der Waals surface area (Å²) in [6, 6.07) is 2.02. The second kappa shape index (κ2) is 6.75. The van der Waals surface area contributed by atoms with Crippen LogP contribution in [0.1, 0.15) is 45.4 Å². The van der Waals surface area contributed by atoms with Crippen molar-refractivity contribution in [2.24, 2.45) is 5.92 Å². The Bertz CT molecular complexity index is 396. The Morgan fingerprint density at radius 2 is 1.85 bits per heavy atom. The first-order valence-corrected chi connectivity index (χ1v) is 10.1. The van der Waals surface area contributed by atoms with Crippen molar-refractivity contribution in [1.82, 2.24) is 10.2 Å². The molecule has 0 saturated carbocycles. The molecule has 20 heavy (non-hydrogen) atoms. The molecule has 3 unspecified atom stereocenters. The van der Waals surface area contributed by atoms with E-state index in [9.17, 15) is 8.42 Å². The molecular weight excluding hydrogens is 272 g/mol. The lowest BCUT2D eigenvalue weighted by Crippen LogP contribution is -2.47. The Labute approximate surface area is 124 Å². The summed E-state index contributed by atoms with van der Waals surface area (Å²) in [5.41, 5.74) is 0. The van der Waals surface area contributed by atoms with Crippen molar-refractivity contribution < 1.29 is 8.42 Å². The van der Waals surface area contributed by atoms with Gasteiger partial charge in [0.15, 0.2) is 0 Å². The number of fused-ring (bicyclic) bond motifs is 2. The van der Waals surface area contributed by atoms with Crippen molar-refractivity contribution in [2.75, 3.05) is 25.6 Å². The van der Waals surface area contributed by atoms with Crippen molar-refractivity contribution in [2.45, 2.75) is 63.6 Å². The van der Waals surface area contributed by atoms with Crippen molar-refractivity contribution in [3.05, 3.63) is 0 Å². The molecule has 0 aliphatic carbocycles. The van der Waals surface area contributed by atoms with Crippen LogP contribution in [-0.4, -0.2) is 57.0 Å². The lowest BCUT2D eigenvalue weighted by Gasteiger charge is -2.40. The number of hydrogen-bond donors (Lipinski definition) is 1. The predicted octanol–water partition coefficient (Wildman–Crippen LogP) is 1.66. The van der Waals surface area contributed by atoms with Gasteiger partial charge in [-0.2, -0.15) is 0 Å². The van der Waals surface area contributed by atoms with E-state index in [1.165, 1.54) is 31.9 Å². The van der Waals surface area contributed by atoms with Crippen LogP contribution >= 0.6 is 0 Å². The molecule has 1 N–H and O–H groups in total. The van der Waals surface area contributed by atoms with Crippen LogP contribution in [0, 0.1) is 5.92 Å². The highest BCUT2D eigenvalue weighted by molar-refractivity contribution is 7.90. The van der Waals surface area contributed by atoms with E-state index in [1.54, 1.807) is 0 Å². The first kappa shape index (κ1) is 16.2. The van der Waals surface area contributed by atoms with Gasteiger partial charge < -0.3 is 10.2 Å². The van der Waals surface area contributed by atoms with Crippen molar-refractivity contribution in [3.8, 4) is 0 Å². The van der Waals surface area contributed by atoms with Gasteiger partial charge in [0.1, 0.15) is 9.84 Å². The van der Waals surface area contributed by atoms with Gasteiger partial charge in [-0.25, -0.2) is 8.42 Å². The third-order valence-corrected chi connectivity index (χ3v) is 6.23. The molecule has 3 atom stereocenters. The topological polar surface area (TPSA) is 49.4 Å². The third-order valence-electron chi connectivity index (χ3n) is 5.20. The minimum Gasteiger partial charge on any atom is -0.314 e. The summed E-state index contributed by atoms with van der Waals surface area (Å²) >= 11 is 0. The Morgan fingerprint density at radius 3 is 2.35 bits per heavy atom. The highest BCUT2D eigenvalue weighted by Gasteiger charge is 2.40. The fraction of sp³-hybridized carbons (Fsp3) is 1.00. The fourth-order valence-corrected chi connectivity index (χ4v) is 4.81. The fourth-order valence-electron chi connectivity index (χ4n) is 4.11. The Morgan fingerprint density at radius 1 is 1.25 bits per heavy atom. The SMILES string of the molecule is CCNC(CCCS(C)(=O)=O)C1CC2CCC(C1)N2C. The number of rotatable bonds is 7. The number of hydrogen-bond acceptors (Lipinski definition) is 4. The quantitative estimate of drug-likeness (QED) is 0.777. The lowest BCUT2D eigenvalue weighted by atomic mass is 9.83. The first-order chi connectivity index (χ1) is 9.40. The number of piperidine rings is 1. The zero-order valence-electron chi connectivity index (χ0n) is 13.1. The maximum Gasteiger partial charge on any atom is 0.147 e. The van der Waals surface area contributed by atoms with Crippen molar-refractivity contribution in [1.29, 1.82) is 0 Å². The van der Waals surface area contributed by atoms with E-state index < -0.39 is 9.84 Å². The molecule has 2 rings (SSSR count). The summed E-state index contributed by atoms with van der Waals surface area (Å²) in [6.45, 7) is 3.12. The predicted molar refractivity (Wildman–Crippen MR) is 83.7 cm³/mol. The van der Waals surface area contributed by atoms with Crippen molar-refractivity contribution in [3.63, 3.8) is 0 Å². The van der Waals surface area contributed by atoms with E-state index >= 15 is 0 Å². The summed E-state index contributed by atoms with van der Waals surface area (Å²) in [4.78, 5) is 2.57. The molecule has 0 radical (unpaired) electrons. The van der Waals surface area contributed by atoms with Gasteiger partial charge in [0.05, 0.1) is 0 Å². The summed E-state index contributed by atoms with van der Waals surface area (Å²) in [5.74, 6) is 1.05. The molecule has 0 aromatic carbocycles. The molecule has 0 spiro atoms. The van der Waals surface area contributed by atoms with Gasteiger partial charge in [0, 0.05) is 30.1 Å². The second-order valence-electron chi connectivity index (χ2n) is 6.72. The van der Waals surface area contributed by atoms with Crippen LogP contribution in [0.3, 0.4) is 0 Å². The van der Waals surface area contributed by atoms with Gasteiger partial charge >= 0.3 is 0 Å². The molecule has 4 nitrogen and oxygen atoms in total. The van der Waals surface area contributed by atoms with Crippen LogP contribution in [0.2, 0.25) is 0 Å². The van der Waals surface area contributed by atoms with Crippen LogP contribution in [0.5, 0.6) is 0 Å². The standard InChI is InChI=1S/C15H30N2O2S/c1-4-16-15(6-5-9-20(3,18)19)12-10-13-7-8-14(11-12)17(13)2/h12-16H,4-11H2,1-3H3. The van der Waals surface area contributed by atoms with Crippen molar-refractivity contribution >= 4 is 9.84 Å². The Balaban J connectivity index is 1.88. The van der Waals surface area contributed by atoms with Crippen LogP contribution in [0.25, 0.3) is 0 Å². The normalized spacial score (nSPS) is 32.5. The van der Waals surface area contributed by atoms with E-state index in [4.69, 9.17) is 0 Å². The Hall–Kier alpha value is -0.130. The second-order valence-corrected chi connectivity index (χ2v) is 8.98. The minimum atomic E-state index is -2.82. The van der Waals surface area contributed by atoms with Gasteiger partial charge in [-0.3, -0.25) is 0 Å². The lowest BCUT2D eigenvalue weighted by molar-refractivity contribution is 0.110. The smallest absolute Gasteiger partial charge is 0.147 e. The summed E-state index contributed by atoms with van der Waals surface area (Å²) in [7, 11) is -0.551. The molecule has 0 aromatic heterocycles. The zero-order chi connectivity index (χ0) is 14.8. The number of sulfone groups is 1. The molecule has 2 fully saturated rings. The van der Waals surface area contributed by atoms with E-state index in [2.05, 4.69) is 24.2 Å². The van der Waals surface area contributed by atoms with Crippen LogP contribution in [-0.2, 0) is 9.84 Å². The van der Waals surface area contributed by atoms with E-state index in [0.29, 0.717) is 11.8 Å². The van der Waals surface area contributed by atoms with Gasteiger partial charge in [0.2, 0.25) is 0 Å². The van der Waals surface area contributed by atoms with Gasteiger partial charge in [-0.15, -0.1) is 0 Å². The first-order valence-electron chi connectivity index (χ1n) is 8.03. The monoisotopic (exact) mass is 302 g/mol. The average Bonchev–Trinajstić information content (AvgIpc) is 2.60. The van der Waals surface area contributed by atoms with E-state index in [1.807, 2.05) is 0 Å². The summed E-state index contributed by atoms with van der Waals surface area (Å²) in [6.07, 6.45) is 8.38. The van der Waals surface area contributed by atoms with Gasteiger partial charge in [-0.1, -0.05) is 6.92 Å².